The van der Waals surface area contributed by atoms with Crippen LogP contribution in [0.25, 0.3) is 38.4 Å². The van der Waals surface area contributed by atoms with Gasteiger partial charge in [0.1, 0.15) is 28.7 Å². The molecule has 0 heterocycles. The van der Waals surface area contributed by atoms with Crippen molar-refractivity contribution >= 4 is 44.4 Å². The number of aliphatic hydroxyl groups excluding tert-OH is 1. The molecular weight excluding hydrogens is 669 g/mol. The zero-order valence-corrected chi connectivity index (χ0v) is 31.9. The molecule has 0 saturated carbocycles. The first-order chi connectivity index (χ1) is 26.6. The molecule has 0 aliphatic carbocycles. The number of hydrogen-bond acceptors (Lipinski definition) is 5. The summed E-state index contributed by atoms with van der Waals surface area (Å²) in [5, 5.41) is 13.2. The van der Waals surface area contributed by atoms with Gasteiger partial charge in [0.2, 0.25) is 0 Å². The quantitative estimate of drug-likeness (QED) is 0.0495. The highest BCUT2D eigenvalue weighted by molar-refractivity contribution is 6.30. The van der Waals surface area contributed by atoms with E-state index in [-0.39, 0.29) is 0 Å². The summed E-state index contributed by atoms with van der Waals surface area (Å²) in [5.41, 5.74) is 4.00. The largest absolute Gasteiger partial charge is 0.456 e. The monoisotopic (exact) mass is 718 g/mol. The second kappa shape index (κ2) is 18.4. The van der Waals surface area contributed by atoms with E-state index in [4.69, 9.17) is 19.3 Å². The predicted molar refractivity (Wildman–Crippen MR) is 224 cm³/mol. The van der Waals surface area contributed by atoms with Crippen LogP contribution in [0.1, 0.15) is 86.3 Å². The molecule has 0 atom stereocenters. The molecule has 276 valence electrons. The van der Waals surface area contributed by atoms with E-state index < -0.39 is 5.97 Å². The molecule has 1 N–H and O–H groups in total. The first-order valence-electron chi connectivity index (χ1n) is 19.3. The van der Waals surface area contributed by atoms with Gasteiger partial charge in [-0.05, 0) is 96.5 Å². The average molecular weight is 719 g/mol. The van der Waals surface area contributed by atoms with E-state index in [0.717, 1.165) is 102 Å². The third kappa shape index (κ3) is 7.97. The first kappa shape index (κ1) is 38.1. The van der Waals surface area contributed by atoms with Crippen molar-refractivity contribution in [3.8, 4) is 28.7 Å². The number of para-hydroxylation sites is 2. The van der Waals surface area contributed by atoms with Gasteiger partial charge in [-0.2, -0.15) is 0 Å². The second-order valence-electron chi connectivity index (χ2n) is 13.4. The van der Waals surface area contributed by atoms with Gasteiger partial charge in [-0.15, -0.1) is 0 Å². The second-order valence-corrected chi connectivity index (χ2v) is 13.4. The summed E-state index contributed by atoms with van der Waals surface area (Å²) in [7, 11) is 1.00. The Morgan fingerprint density at radius 3 is 1.81 bits per heavy atom. The molecule has 7 aromatic rings. The Hall–Kier alpha value is -5.65. The molecule has 0 bridgehead atoms. The molecule has 7 rings (SSSR count). The van der Waals surface area contributed by atoms with Gasteiger partial charge in [0.15, 0.2) is 0 Å². The summed E-state index contributed by atoms with van der Waals surface area (Å²) in [6, 6.07) is 37.6. The zero-order chi connectivity index (χ0) is 37.9. The van der Waals surface area contributed by atoms with E-state index in [1.54, 1.807) is 12.1 Å². The lowest BCUT2D eigenvalue weighted by atomic mass is 9.83. The van der Waals surface area contributed by atoms with Crippen LogP contribution >= 0.6 is 0 Å². The van der Waals surface area contributed by atoms with Crippen LogP contribution in [0, 0.1) is 0 Å². The number of ether oxygens (including phenoxy) is 3. The Morgan fingerprint density at radius 1 is 0.593 bits per heavy atom. The maximum Gasteiger partial charge on any atom is 0.343 e. The lowest BCUT2D eigenvalue weighted by Gasteiger charge is -2.26. The van der Waals surface area contributed by atoms with Crippen LogP contribution in [0.5, 0.6) is 28.7 Å². The molecule has 0 radical (unpaired) electrons. The minimum atomic E-state index is -0.415. The number of aliphatic hydroxyl groups is 1. The van der Waals surface area contributed by atoms with E-state index in [9.17, 15) is 4.79 Å². The van der Waals surface area contributed by atoms with Crippen LogP contribution in [0.15, 0.2) is 121 Å². The number of allylic oxidation sites excluding steroid dienone is 1. The van der Waals surface area contributed by atoms with Crippen LogP contribution in [-0.4, -0.2) is 18.2 Å². The van der Waals surface area contributed by atoms with Gasteiger partial charge in [-0.1, -0.05) is 125 Å². The number of hydrogen-bond donors (Lipinski definition) is 1. The van der Waals surface area contributed by atoms with Crippen molar-refractivity contribution in [3.05, 3.63) is 144 Å². The number of unbranched alkanes of at least 4 members (excludes halogenated alkanes) is 3. The highest BCUT2D eigenvalue weighted by Gasteiger charge is 2.29. The van der Waals surface area contributed by atoms with Gasteiger partial charge in [0.25, 0.3) is 0 Å². The number of benzene rings is 7. The Bertz CT molecular complexity index is 2310. The number of carbonyl (C=O) groups is 1. The molecule has 0 aliphatic heterocycles. The highest BCUT2D eigenvalue weighted by atomic mass is 16.5. The Labute approximate surface area is 319 Å². The molecule has 5 nitrogen and oxygen atoms in total. The summed E-state index contributed by atoms with van der Waals surface area (Å²) < 4.78 is 20.4. The van der Waals surface area contributed by atoms with Gasteiger partial charge in [0.05, 0.1) is 10.9 Å². The van der Waals surface area contributed by atoms with Crippen LogP contribution in [-0.2, 0) is 12.8 Å². The Morgan fingerprint density at radius 2 is 1.19 bits per heavy atom. The minimum Gasteiger partial charge on any atom is -0.456 e. The fourth-order valence-electron chi connectivity index (χ4n) is 7.30. The van der Waals surface area contributed by atoms with E-state index in [0.29, 0.717) is 22.8 Å². The van der Waals surface area contributed by atoms with E-state index >= 15 is 0 Å². The van der Waals surface area contributed by atoms with Crippen LogP contribution in [0.2, 0.25) is 0 Å². The number of rotatable bonds is 15. The van der Waals surface area contributed by atoms with E-state index in [2.05, 4.69) is 51.1 Å². The van der Waals surface area contributed by atoms with Crippen molar-refractivity contribution in [2.24, 2.45) is 0 Å². The topological polar surface area (TPSA) is 65.0 Å². The van der Waals surface area contributed by atoms with E-state index in [1.807, 2.05) is 84.9 Å². The maximum atomic E-state index is 13.7. The standard InChI is InChI=1S/C48H46O4.CH4O/c1-4-7-13-28-39-37(26-8-5-2)38-31-29-33-30-32-41(52-48(49)34-20-14-10-15-21-34)45-42(33)43(38)44(46(39)50-35-22-16-11-17-23-35)40(27-9-6-3)47(45)51-36-24-18-12-19-25-36;1-2/h9-12,14-25,27,29-32H,4-8,13,26,28H2,1-3H3;2H,1H3. The summed E-state index contributed by atoms with van der Waals surface area (Å²) in [6.45, 7) is 6.64. The lowest BCUT2D eigenvalue weighted by molar-refractivity contribution is 0.0737. The van der Waals surface area contributed by atoms with Crippen molar-refractivity contribution in [2.75, 3.05) is 7.11 Å². The number of carbonyl (C=O) groups excluding carboxylic acids is 1. The molecule has 0 aromatic heterocycles. The normalized spacial score (nSPS) is 11.3. The molecule has 0 fully saturated rings. The number of esters is 1. The molecule has 0 aliphatic rings. The van der Waals surface area contributed by atoms with Crippen molar-refractivity contribution < 1.29 is 24.1 Å². The fourth-order valence-corrected chi connectivity index (χ4v) is 7.30. The third-order valence-electron chi connectivity index (χ3n) is 9.80. The summed E-state index contributed by atoms with van der Waals surface area (Å²) in [6.07, 6.45) is 12.5. The Kier molecular flexibility index (Phi) is 13.0. The first-order valence-corrected chi connectivity index (χ1v) is 19.3. The molecule has 54 heavy (non-hydrogen) atoms. The van der Waals surface area contributed by atoms with Crippen molar-refractivity contribution in [2.45, 2.75) is 72.1 Å². The van der Waals surface area contributed by atoms with Crippen molar-refractivity contribution in [1.29, 1.82) is 0 Å². The third-order valence-corrected chi connectivity index (χ3v) is 9.80. The zero-order valence-electron chi connectivity index (χ0n) is 31.9. The van der Waals surface area contributed by atoms with Crippen molar-refractivity contribution in [3.63, 3.8) is 0 Å². The van der Waals surface area contributed by atoms with E-state index in [1.165, 1.54) is 16.5 Å². The van der Waals surface area contributed by atoms with Gasteiger partial charge < -0.3 is 19.3 Å². The van der Waals surface area contributed by atoms with Crippen LogP contribution in [0.4, 0.5) is 0 Å². The summed E-state index contributed by atoms with van der Waals surface area (Å²) in [4.78, 5) is 13.7. The average Bonchev–Trinajstić information content (AvgIpc) is 3.22. The Balaban J connectivity index is 0.00000245. The molecule has 7 aromatic carbocycles. The molecule has 0 spiro atoms. The van der Waals surface area contributed by atoms with Gasteiger partial charge in [0, 0.05) is 28.8 Å². The summed E-state index contributed by atoms with van der Waals surface area (Å²) >= 11 is 0. The molecule has 0 amide bonds. The molecule has 0 saturated heterocycles. The fraction of sp³-hybridized carbons (Fsp3) is 0.245. The van der Waals surface area contributed by atoms with Gasteiger partial charge in [-0.3, -0.25) is 0 Å². The van der Waals surface area contributed by atoms with Gasteiger partial charge in [-0.25, -0.2) is 4.79 Å². The van der Waals surface area contributed by atoms with Gasteiger partial charge >= 0.3 is 5.97 Å². The maximum absolute atomic E-state index is 13.7. The summed E-state index contributed by atoms with van der Waals surface area (Å²) in [5.74, 6) is 3.05. The van der Waals surface area contributed by atoms with Crippen LogP contribution in [0.3, 0.4) is 0 Å². The molecular formula is C49H50O5. The van der Waals surface area contributed by atoms with Crippen molar-refractivity contribution in [1.82, 2.24) is 0 Å². The highest BCUT2D eigenvalue weighted by Crippen LogP contribution is 2.54. The SMILES string of the molecule is CCC=Cc1c(Oc2ccccc2)c2c(OC(=O)c3ccccc3)ccc3ccc4c(CCCC)c(CCCCC)c(Oc5ccccc5)c1c4c32.CO. The predicted octanol–water partition coefficient (Wildman–Crippen LogP) is 13.5. The van der Waals surface area contributed by atoms with Crippen LogP contribution < -0.4 is 14.2 Å². The minimum absolute atomic E-state index is 0.415. The smallest absolute Gasteiger partial charge is 0.343 e. The number of aryl methyl sites for hydroxylation is 1. The molecule has 0 unspecified atom stereocenters. The molecule has 5 heteroatoms. The lowest BCUT2D eigenvalue weighted by Crippen LogP contribution is -2.09.